The summed E-state index contributed by atoms with van der Waals surface area (Å²) in [6, 6.07) is 2.21. The molecule has 0 amide bonds. The highest BCUT2D eigenvalue weighted by Crippen LogP contribution is 2.38. The molecule has 0 aromatic rings. The van der Waals surface area contributed by atoms with Crippen molar-refractivity contribution >= 4 is 0 Å². The van der Waals surface area contributed by atoms with Gasteiger partial charge < -0.3 is 15.2 Å². The number of rotatable bonds is 5. The lowest BCUT2D eigenvalue weighted by Crippen LogP contribution is -2.45. The zero-order valence-electron chi connectivity index (χ0n) is 9.65. The third-order valence-electron chi connectivity index (χ3n) is 3.55. The fourth-order valence-corrected chi connectivity index (χ4v) is 2.15. The first kappa shape index (κ1) is 11.8. The van der Waals surface area contributed by atoms with Crippen molar-refractivity contribution in [1.82, 2.24) is 0 Å². The Labute approximate surface area is 96.7 Å². The summed E-state index contributed by atoms with van der Waals surface area (Å²) in [5.41, 5.74) is 5.26. The predicted octanol–water partition coefficient (Wildman–Crippen LogP) is 1.06. The summed E-state index contributed by atoms with van der Waals surface area (Å²) in [6.45, 7) is 2.77. The normalized spacial score (nSPS) is 26.0. The Morgan fingerprint density at radius 2 is 2.00 bits per heavy atom. The molecule has 2 fully saturated rings. The number of hydrogen-bond acceptors (Lipinski definition) is 4. The van der Waals surface area contributed by atoms with Crippen LogP contribution < -0.4 is 5.73 Å². The van der Waals surface area contributed by atoms with Crippen molar-refractivity contribution in [3.05, 3.63) is 0 Å². The van der Waals surface area contributed by atoms with Gasteiger partial charge in [-0.05, 0) is 37.5 Å². The first-order valence-electron chi connectivity index (χ1n) is 6.10. The quantitative estimate of drug-likeness (QED) is 0.758. The van der Waals surface area contributed by atoms with Crippen LogP contribution in [0.1, 0.15) is 25.7 Å². The van der Waals surface area contributed by atoms with Crippen molar-refractivity contribution in [2.24, 2.45) is 17.6 Å². The highest BCUT2D eigenvalue weighted by molar-refractivity contribution is 5.13. The summed E-state index contributed by atoms with van der Waals surface area (Å²) in [5, 5.41) is 9.06. The maximum Gasteiger partial charge on any atom is 0.130 e. The van der Waals surface area contributed by atoms with Gasteiger partial charge in [-0.1, -0.05) is 0 Å². The van der Waals surface area contributed by atoms with Gasteiger partial charge in [-0.25, -0.2) is 0 Å². The van der Waals surface area contributed by atoms with Gasteiger partial charge in [-0.2, -0.15) is 5.26 Å². The van der Waals surface area contributed by atoms with Gasteiger partial charge in [0.05, 0.1) is 12.7 Å². The Bertz CT molecular complexity index is 267. The lowest BCUT2D eigenvalue weighted by Gasteiger charge is -2.25. The van der Waals surface area contributed by atoms with Gasteiger partial charge in [0.1, 0.15) is 5.54 Å². The summed E-state index contributed by atoms with van der Waals surface area (Å²) < 4.78 is 10.9. The summed E-state index contributed by atoms with van der Waals surface area (Å²) in [4.78, 5) is 0. The van der Waals surface area contributed by atoms with Gasteiger partial charge >= 0.3 is 0 Å². The third-order valence-corrected chi connectivity index (χ3v) is 3.55. The zero-order valence-corrected chi connectivity index (χ0v) is 9.65. The van der Waals surface area contributed by atoms with Crippen molar-refractivity contribution in [3.8, 4) is 6.07 Å². The molecule has 1 atom stereocenters. The fourth-order valence-electron chi connectivity index (χ4n) is 2.15. The van der Waals surface area contributed by atoms with Crippen molar-refractivity contribution in [2.75, 3.05) is 26.4 Å². The zero-order chi connectivity index (χ0) is 11.4. The summed E-state index contributed by atoms with van der Waals surface area (Å²) >= 11 is 0. The van der Waals surface area contributed by atoms with E-state index in [0.717, 1.165) is 45.5 Å². The van der Waals surface area contributed by atoms with Crippen LogP contribution in [-0.4, -0.2) is 32.0 Å². The average Bonchev–Trinajstić information content (AvgIpc) is 3.14. The lowest BCUT2D eigenvalue weighted by atomic mass is 9.97. The van der Waals surface area contributed by atoms with Crippen molar-refractivity contribution in [1.29, 1.82) is 5.26 Å². The first-order chi connectivity index (χ1) is 7.74. The second kappa shape index (κ2) is 5.13. The Kier molecular flexibility index (Phi) is 3.80. The Hall–Kier alpha value is -0.630. The minimum absolute atomic E-state index is 0.354. The van der Waals surface area contributed by atoms with Gasteiger partial charge in [-0.3, -0.25) is 0 Å². The van der Waals surface area contributed by atoms with E-state index < -0.39 is 5.54 Å². The highest BCUT2D eigenvalue weighted by Gasteiger charge is 2.43. The molecule has 2 rings (SSSR count). The standard InChI is InChI=1S/C12H20N2O2/c13-8-12(14,11-1-2-11)9-16-7-10-3-5-15-6-4-10/h10-11H,1-7,9,14H2. The van der Waals surface area contributed by atoms with E-state index in [4.69, 9.17) is 20.5 Å². The summed E-state index contributed by atoms with van der Waals surface area (Å²) in [5.74, 6) is 0.933. The largest absolute Gasteiger partial charge is 0.381 e. The van der Waals surface area contributed by atoms with Crippen LogP contribution in [0, 0.1) is 23.2 Å². The van der Waals surface area contributed by atoms with Crippen LogP contribution in [0.2, 0.25) is 0 Å². The molecule has 1 saturated carbocycles. The number of nitriles is 1. The molecule has 4 nitrogen and oxygen atoms in total. The van der Waals surface area contributed by atoms with Crippen molar-refractivity contribution < 1.29 is 9.47 Å². The van der Waals surface area contributed by atoms with Gasteiger partial charge in [0.15, 0.2) is 0 Å². The van der Waals surface area contributed by atoms with E-state index in [1.165, 1.54) is 0 Å². The van der Waals surface area contributed by atoms with Gasteiger partial charge in [0.2, 0.25) is 0 Å². The number of nitrogens with two attached hydrogens (primary N) is 1. The van der Waals surface area contributed by atoms with E-state index in [2.05, 4.69) is 6.07 Å². The molecule has 90 valence electrons. The lowest BCUT2D eigenvalue weighted by molar-refractivity contribution is 0.0106. The van der Waals surface area contributed by atoms with Crippen LogP contribution in [0.3, 0.4) is 0 Å². The molecule has 4 heteroatoms. The molecule has 0 radical (unpaired) electrons. The number of ether oxygens (including phenoxy) is 2. The van der Waals surface area contributed by atoms with Crippen molar-refractivity contribution in [2.45, 2.75) is 31.2 Å². The number of nitrogens with zero attached hydrogens (tertiary/aromatic N) is 1. The van der Waals surface area contributed by atoms with Crippen LogP contribution in [0.5, 0.6) is 0 Å². The van der Waals surface area contributed by atoms with Crippen LogP contribution in [-0.2, 0) is 9.47 Å². The van der Waals surface area contributed by atoms with Gasteiger partial charge in [0.25, 0.3) is 0 Å². The minimum atomic E-state index is -0.745. The predicted molar refractivity (Wildman–Crippen MR) is 59.6 cm³/mol. The third kappa shape index (κ3) is 2.94. The molecule has 1 aliphatic heterocycles. The molecule has 0 bridgehead atoms. The molecular weight excluding hydrogens is 204 g/mol. The minimum Gasteiger partial charge on any atom is -0.381 e. The first-order valence-corrected chi connectivity index (χ1v) is 6.10. The molecule has 1 saturated heterocycles. The molecule has 0 spiro atoms. The molecular formula is C12H20N2O2. The summed E-state index contributed by atoms with van der Waals surface area (Å²) in [7, 11) is 0. The summed E-state index contributed by atoms with van der Waals surface area (Å²) in [6.07, 6.45) is 4.27. The maximum absolute atomic E-state index is 9.06. The second-order valence-electron chi connectivity index (χ2n) is 5.00. The molecule has 16 heavy (non-hydrogen) atoms. The Morgan fingerprint density at radius 1 is 1.31 bits per heavy atom. The SMILES string of the molecule is N#CC(N)(COCC1CCOCC1)C1CC1. The fraction of sp³-hybridized carbons (Fsp3) is 0.917. The van der Waals surface area contributed by atoms with Gasteiger partial charge in [-0.15, -0.1) is 0 Å². The molecule has 2 N–H and O–H groups in total. The van der Waals surface area contributed by atoms with E-state index in [1.807, 2.05) is 0 Å². The van der Waals surface area contributed by atoms with E-state index >= 15 is 0 Å². The van der Waals surface area contributed by atoms with Gasteiger partial charge in [0, 0.05) is 19.8 Å². The maximum atomic E-state index is 9.06. The molecule has 1 heterocycles. The van der Waals surface area contributed by atoms with E-state index in [0.29, 0.717) is 18.4 Å². The van der Waals surface area contributed by atoms with Crippen LogP contribution in [0.25, 0.3) is 0 Å². The second-order valence-corrected chi connectivity index (χ2v) is 5.00. The molecule has 2 aliphatic rings. The molecule has 0 aromatic heterocycles. The smallest absolute Gasteiger partial charge is 0.130 e. The Morgan fingerprint density at radius 3 is 2.56 bits per heavy atom. The van der Waals surface area contributed by atoms with Crippen LogP contribution in [0.15, 0.2) is 0 Å². The van der Waals surface area contributed by atoms with E-state index in [9.17, 15) is 0 Å². The van der Waals surface area contributed by atoms with E-state index in [-0.39, 0.29) is 0 Å². The topological polar surface area (TPSA) is 68.3 Å². The van der Waals surface area contributed by atoms with Crippen LogP contribution in [0.4, 0.5) is 0 Å². The molecule has 0 aromatic carbocycles. The molecule has 1 aliphatic carbocycles. The van der Waals surface area contributed by atoms with Crippen LogP contribution >= 0.6 is 0 Å². The van der Waals surface area contributed by atoms with E-state index in [1.54, 1.807) is 0 Å². The highest BCUT2D eigenvalue weighted by atomic mass is 16.5. The number of hydrogen-bond donors (Lipinski definition) is 1. The Balaban J connectivity index is 1.68. The monoisotopic (exact) mass is 224 g/mol. The molecule has 1 unspecified atom stereocenters. The van der Waals surface area contributed by atoms with Crippen molar-refractivity contribution in [3.63, 3.8) is 0 Å². The average molecular weight is 224 g/mol.